The predicted molar refractivity (Wildman–Crippen MR) is 95.0 cm³/mol. The van der Waals surface area contributed by atoms with Crippen LogP contribution in [0.2, 0.25) is 0 Å². The molecule has 2 atom stereocenters. The number of carbonyl (C=O) groups excluding carboxylic acids is 1. The number of amides is 1. The number of carboxylic acid groups (broad SMARTS) is 1. The Morgan fingerprint density at radius 1 is 1.19 bits per heavy atom. The highest BCUT2D eigenvalue weighted by molar-refractivity contribution is 7.89. The molecule has 2 unspecified atom stereocenters. The number of carboxylic acids is 1. The second-order valence-corrected chi connectivity index (χ2v) is 9.12. The van der Waals surface area contributed by atoms with Gasteiger partial charge >= 0.3 is 5.97 Å². The lowest BCUT2D eigenvalue weighted by Crippen LogP contribution is -2.50. The van der Waals surface area contributed by atoms with E-state index in [4.69, 9.17) is 0 Å². The number of piperidine rings is 1. The molecule has 0 spiro atoms. The van der Waals surface area contributed by atoms with Gasteiger partial charge in [0.2, 0.25) is 15.9 Å². The first-order chi connectivity index (χ1) is 12.3. The van der Waals surface area contributed by atoms with Crippen LogP contribution in [0.5, 0.6) is 0 Å². The Kier molecular flexibility index (Phi) is 5.34. The molecule has 2 N–H and O–H groups in total. The molecule has 2 fully saturated rings. The van der Waals surface area contributed by atoms with Gasteiger partial charge in [-0.15, -0.1) is 0 Å². The topological polar surface area (TPSA) is 104 Å². The van der Waals surface area contributed by atoms with Gasteiger partial charge in [-0.3, -0.25) is 4.79 Å². The van der Waals surface area contributed by atoms with Crippen LogP contribution in [0.3, 0.4) is 0 Å². The first-order valence-electron chi connectivity index (χ1n) is 8.89. The van der Waals surface area contributed by atoms with E-state index in [1.807, 2.05) is 6.92 Å². The Balaban J connectivity index is 1.69. The number of nitrogens with zero attached hydrogens (tertiary/aromatic N) is 1. The van der Waals surface area contributed by atoms with E-state index < -0.39 is 28.0 Å². The van der Waals surface area contributed by atoms with Gasteiger partial charge < -0.3 is 10.4 Å². The van der Waals surface area contributed by atoms with Crippen LogP contribution in [0.15, 0.2) is 29.2 Å². The fourth-order valence-electron chi connectivity index (χ4n) is 3.32. The van der Waals surface area contributed by atoms with E-state index in [1.54, 1.807) is 24.3 Å². The summed E-state index contributed by atoms with van der Waals surface area (Å²) in [6.45, 7) is 2.33. The monoisotopic (exact) mass is 380 g/mol. The number of benzene rings is 1. The third kappa shape index (κ3) is 4.07. The van der Waals surface area contributed by atoms with Crippen LogP contribution in [0.25, 0.3) is 0 Å². The Hall–Kier alpha value is -1.93. The van der Waals surface area contributed by atoms with Crippen LogP contribution in [-0.4, -0.2) is 48.8 Å². The van der Waals surface area contributed by atoms with E-state index in [-0.39, 0.29) is 23.3 Å². The van der Waals surface area contributed by atoms with Crippen molar-refractivity contribution >= 4 is 21.9 Å². The van der Waals surface area contributed by atoms with E-state index in [0.717, 1.165) is 18.4 Å². The van der Waals surface area contributed by atoms with Gasteiger partial charge in [0.25, 0.3) is 0 Å². The van der Waals surface area contributed by atoms with Gasteiger partial charge in [-0.05, 0) is 50.7 Å². The van der Waals surface area contributed by atoms with Crippen LogP contribution in [-0.2, 0) is 19.6 Å². The number of hydrogen-bond acceptors (Lipinski definition) is 4. The quantitative estimate of drug-likeness (QED) is 0.776. The molecule has 7 nitrogen and oxygen atoms in total. The van der Waals surface area contributed by atoms with Gasteiger partial charge in [-0.25, -0.2) is 13.2 Å². The molecule has 1 aliphatic heterocycles. The molecule has 1 aliphatic carbocycles. The zero-order valence-electron chi connectivity index (χ0n) is 14.7. The van der Waals surface area contributed by atoms with Gasteiger partial charge in [0.15, 0.2) is 0 Å². The molecule has 1 saturated heterocycles. The van der Waals surface area contributed by atoms with Gasteiger partial charge in [0.1, 0.15) is 6.04 Å². The zero-order valence-corrected chi connectivity index (χ0v) is 15.5. The molecular weight excluding hydrogens is 356 g/mol. The summed E-state index contributed by atoms with van der Waals surface area (Å²) in [5.41, 5.74) is 0.972. The molecule has 0 aromatic heterocycles. The number of nitrogens with one attached hydrogen (secondary N) is 1. The number of rotatable bonds is 6. The maximum Gasteiger partial charge on any atom is 0.326 e. The standard InChI is InChI=1S/C18H24N2O5S/c1-12-4-8-15(9-5-12)26(24,25)20-10-2-3-14(11-20)17(21)19-16(18(22)23)13-6-7-13/h4-5,8-9,13-14,16H,2-3,6-7,10-11H2,1H3,(H,19,21)(H,22,23). The van der Waals surface area contributed by atoms with Crippen LogP contribution in [0, 0.1) is 18.8 Å². The second kappa shape index (κ2) is 7.36. The summed E-state index contributed by atoms with van der Waals surface area (Å²) in [6, 6.07) is 5.76. The highest BCUT2D eigenvalue weighted by Crippen LogP contribution is 2.33. The first-order valence-corrected chi connectivity index (χ1v) is 10.3. The van der Waals surface area contributed by atoms with Crippen LogP contribution >= 0.6 is 0 Å². The Morgan fingerprint density at radius 3 is 2.42 bits per heavy atom. The summed E-state index contributed by atoms with van der Waals surface area (Å²) in [4.78, 5) is 24.0. The molecule has 1 amide bonds. The largest absolute Gasteiger partial charge is 0.480 e. The van der Waals surface area contributed by atoms with E-state index in [1.165, 1.54) is 4.31 Å². The smallest absolute Gasteiger partial charge is 0.326 e. The van der Waals surface area contributed by atoms with Crippen molar-refractivity contribution in [2.75, 3.05) is 13.1 Å². The van der Waals surface area contributed by atoms with E-state index in [0.29, 0.717) is 19.4 Å². The van der Waals surface area contributed by atoms with Crippen LogP contribution in [0.1, 0.15) is 31.2 Å². The average molecular weight is 380 g/mol. The minimum atomic E-state index is -3.66. The average Bonchev–Trinajstić information content (AvgIpc) is 3.44. The molecule has 2 aliphatic rings. The predicted octanol–water partition coefficient (Wildman–Crippen LogP) is 1.38. The molecule has 1 aromatic carbocycles. The third-order valence-corrected chi connectivity index (χ3v) is 6.95. The summed E-state index contributed by atoms with van der Waals surface area (Å²) in [6.07, 6.45) is 2.73. The van der Waals surface area contributed by atoms with Crippen molar-refractivity contribution in [2.24, 2.45) is 11.8 Å². The minimum absolute atomic E-state index is 0.00700. The number of hydrogen-bond donors (Lipinski definition) is 2. The van der Waals surface area contributed by atoms with Gasteiger partial charge in [-0.1, -0.05) is 17.7 Å². The van der Waals surface area contributed by atoms with Gasteiger partial charge in [0, 0.05) is 13.1 Å². The Labute approximate surface area is 153 Å². The van der Waals surface area contributed by atoms with Crippen molar-refractivity contribution in [2.45, 2.75) is 43.5 Å². The molecule has 1 heterocycles. The SMILES string of the molecule is Cc1ccc(S(=O)(=O)N2CCCC(C(=O)NC(C(=O)O)C3CC3)C2)cc1. The van der Waals surface area contributed by atoms with Crippen LogP contribution < -0.4 is 5.32 Å². The lowest BCUT2D eigenvalue weighted by Gasteiger charge is -2.31. The van der Waals surface area contributed by atoms with E-state index >= 15 is 0 Å². The van der Waals surface area contributed by atoms with Crippen molar-refractivity contribution in [3.05, 3.63) is 29.8 Å². The maximum absolute atomic E-state index is 12.8. The summed E-state index contributed by atoms with van der Waals surface area (Å²) >= 11 is 0. The van der Waals surface area contributed by atoms with Crippen molar-refractivity contribution in [3.63, 3.8) is 0 Å². The Morgan fingerprint density at radius 2 is 1.85 bits per heavy atom. The minimum Gasteiger partial charge on any atom is -0.480 e. The molecule has 0 radical (unpaired) electrons. The van der Waals surface area contributed by atoms with E-state index in [2.05, 4.69) is 5.32 Å². The van der Waals surface area contributed by atoms with Crippen molar-refractivity contribution in [1.82, 2.24) is 9.62 Å². The molecular formula is C18H24N2O5S. The van der Waals surface area contributed by atoms with Crippen molar-refractivity contribution < 1.29 is 23.1 Å². The second-order valence-electron chi connectivity index (χ2n) is 7.18. The van der Waals surface area contributed by atoms with Crippen LogP contribution in [0.4, 0.5) is 0 Å². The molecule has 8 heteroatoms. The van der Waals surface area contributed by atoms with E-state index in [9.17, 15) is 23.1 Å². The highest BCUT2D eigenvalue weighted by Gasteiger charge is 2.40. The molecule has 1 aromatic rings. The molecule has 142 valence electrons. The van der Waals surface area contributed by atoms with Crippen molar-refractivity contribution in [1.29, 1.82) is 0 Å². The zero-order chi connectivity index (χ0) is 18.9. The first kappa shape index (κ1) is 18.8. The highest BCUT2D eigenvalue weighted by atomic mass is 32.2. The molecule has 26 heavy (non-hydrogen) atoms. The summed E-state index contributed by atoms with van der Waals surface area (Å²) in [5.74, 6) is -1.93. The maximum atomic E-state index is 12.8. The normalized spacial score (nSPS) is 22.6. The summed E-state index contributed by atoms with van der Waals surface area (Å²) in [7, 11) is -3.66. The summed E-state index contributed by atoms with van der Waals surface area (Å²) < 4.78 is 27.0. The fraction of sp³-hybridized carbons (Fsp3) is 0.556. The number of aliphatic carboxylic acids is 1. The number of aryl methyl sites for hydroxylation is 1. The lowest BCUT2D eigenvalue weighted by molar-refractivity contribution is -0.143. The third-order valence-electron chi connectivity index (χ3n) is 5.07. The number of sulfonamides is 1. The molecule has 3 rings (SSSR count). The lowest BCUT2D eigenvalue weighted by atomic mass is 9.98. The molecule has 1 saturated carbocycles. The number of carbonyl (C=O) groups is 2. The Bertz CT molecular complexity index is 786. The van der Waals surface area contributed by atoms with Gasteiger partial charge in [-0.2, -0.15) is 4.31 Å². The molecule has 0 bridgehead atoms. The summed E-state index contributed by atoms with van der Waals surface area (Å²) in [5, 5.41) is 11.9. The fourth-order valence-corrected chi connectivity index (χ4v) is 4.84. The van der Waals surface area contributed by atoms with Gasteiger partial charge in [0.05, 0.1) is 10.8 Å². The van der Waals surface area contributed by atoms with Crippen molar-refractivity contribution in [3.8, 4) is 0 Å².